The number of aliphatic hydroxyl groups excluding tert-OH is 1. The fraction of sp³-hybridized carbons (Fsp3) is 0.105. The minimum atomic E-state index is -0.144. The third-order valence-electron chi connectivity index (χ3n) is 2.99. The smallest absolute Gasteiger partial charge is 0.178 e. The number of aromatic hydroxyl groups is 1. The lowest BCUT2D eigenvalue weighted by atomic mass is 10.1. The Labute approximate surface area is 141 Å². The van der Waals surface area contributed by atoms with Crippen LogP contribution in [0.1, 0.15) is 11.1 Å². The number of nitrogen functional groups attached to an aromatic ring is 1. The van der Waals surface area contributed by atoms with Crippen molar-refractivity contribution in [3.63, 3.8) is 0 Å². The molecule has 0 spiro atoms. The van der Waals surface area contributed by atoms with E-state index in [-0.39, 0.29) is 11.5 Å². The van der Waals surface area contributed by atoms with E-state index in [9.17, 15) is 9.90 Å². The number of hydrogen-bond acceptors (Lipinski definition) is 5. The van der Waals surface area contributed by atoms with Gasteiger partial charge in [-0.3, -0.25) is 4.79 Å². The van der Waals surface area contributed by atoms with Crippen LogP contribution in [0.3, 0.4) is 0 Å². The van der Waals surface area contributed by atoms with Gasteiger partial charge >= 0.3 is 0 Å². The van der Waals surface area contributed by atoms with Crippen molar-refractivity contribution in [2.45, 2.75) is 0 Å². The van der Waals surface area contributed by atoms with Crippen molar-refractivity contribution >= 4 is 23.6 Å². The summed E-state index contributed by atoms with van der Waals surface area (Å²) in [5.41, 5.74) is 7.96. The lowest BCUT2D eigenvalue weighted by Crippen LogP contribution is -1.87. The minimum absolute atomic E-state index is 0.0625. The highest BCUT2D eigenvalue weighted by Gasteiger charge is 2.00. The number of nitrogens with two attached hydrogens (primary N) is 1. The number of phenolic OH excluding ortho intramolecular Hbond substituents is 1. The molecular weight excluding hydrogens is 306 g/mol. The van der Waals surface area contributed by atoms with Crippen LogP contribution in [0.25, 0.3) is 12.2 Å². The molecule has 2 rings (SSSR count). The third-order valence-corrected chi connectivity index (χ3v) is 2.99. The summed E-state index contributed by atoms with van der Waals surface area (Å²) in [6.07, 6.45) is 6.30. The molecule has 0 aliphatic rings. The van der Waals surface area contributed by atoms with Crippen molar-refractivity contribution in [2.24, 2.45) is 0 Å². The van der Waals surface area contributed by atoms with Gasteiger partial charge in [-0.25, -0.2) is 0 Å². The van der Waals surface area contributed by atoms with E-state index >= 15 is 0 Å². The van der Waals surface area contributed by atoms with Crippen molar-refractivity contribution in [1.82, 2.24) is 0 Å². The summed E-state index contributed by atoms with van der Waals surface area (Å²) < 4.78 is 5.01. The number of ketones is 1. The van der Waals surface area contributed by atoms with E-state index in [0.29, 0.717) is 11.4 Å². The molecule has 2 aromatic carbocycles. The SMILES string of the molecule is CO.COc1cc(/C=C/C(=O)/C=C/c2cccc(N)c2)ccc1O. The number of benzene rings is 2. The molecule has 0 saturated heterocycles. The van der Waals surface area contributed by atoms with Crippen molar-refractivity contribution < 1.29 is 19.7 Å². The molecule has 2 aromatic rings. The molecule has 5 nitrogen and oxygen atoms in total. The zero-order valence-electron chi connectivity index (χ0n) is 13.6. The highest BCUT2D eigenvalue weighted by Crippen LogP contribution is 2.26. The summed E-state index contributed by atoms with van der Waals surface area (Å²) in [6.45, 7) is 0. The molecule has 0 bridgehead atoms. The first kappa shape index (κ1) is 19.0. The Balaban J connectivity index is 0.00000139. The van der Waals surface area contributed by atoms with E-state index in [2.05, 4.69) is 0 Å². The Morgan fingerprint density at radius 2 is 1.67 bits per heavy atom. The first-order valence-electron chi connectivity index (χ1n) is 7.16. The van der Waals surface area contributed by atoms with Gasteiger partial charge in [0.25, 0.3) is 0 Å². The Bertz CT molecular complexity index is 736. The zero-order valence-corrected chi connectivity index (χ0v) is 13.6. The summed E-state index contributed by atoms with van der Waals surface area (Å²) in [5.74, 6) is 0.284. The number of methoxy groups -OCH3 is 1. The number of aliphatic hydroxyl groups is 1. The van der Waals surface area contributed by atoms with Crippen molar-refractivity contribution in [1.29, 1.82) is 0 Å². The molecule has 4 N–H and O–H groups in total. The average molecular weight is 327 g/mol. The number of phenols is 1. The summed E-state index contributed by atoms with van der Waals surface area (Å²) in [7, 11) is 2.47. The largest absolute Gasteiger partial charge is 0.504 e. The van der Waals surface area contributed by atoms with Gasteiger partial charge in [0.1, 0.15) is 0 Å². The van der Waals surface area contributed by atoms with Crippen LogP contribution in [-0.4, -0.2) is 30.2 Å². The van der Waals surface area contributed by atoms with Crippen LogP contribution in [-0.2, 0) is 4.79 Å². The van der Waals surface area contributed by atoms with Gasteiger partial charge in [-0.2, -0.15) is 0 Å². The van der Waals surface area contributed by atoms with Gasteiger partial charge in [-0.05, 0) is 47.5 Å². The molecule has 5 heteroatoms. The average Bonchev–Trinajstić information content (AvgIpc) is 2.61. The van der Waals surface area contributed by atoms with Gasteiger partial charge in [0, 0.05) is 12.8 Å². The first-order chi connectivity index (χ1) is 11.6. The lowest BCUT2D eigenvalue weighted by Gasteiger charge is -2.03. The maximum atomic E-state index is 11.8. The van der Waals surface area contributed by atoms with Gasteiger partial charge in [0.15, 0.2) is 17.3 Å². The fourth-order valence-corrected chi connectivity index (χ4v) is 1.87. The normalized spacial score (nSPS) is 10.5. The van der Waals surface area contributed by atoms with Crippen molar-refractivity contribution in [3.05, 3.63) is 65.7 Å². The molecule has 0 saturated carbocycles. The number of allylic oxidation sites excluding steroid dienone is 2. The molecule has 24 heavy (non-hydrogen) atoms. The van der Waals surface area contributed by atoms with E-state index in [1.807, 2.05) is 12.1 Å². The molecular formula is C19H21NO4. The monoisotopic (exact) mass is 327 g/mol. The first-order valence-corrected chi connectivity index (χ1v) is 7.16. The molecule has 126 valence electrons. The van der Waals surface area contributed by atoms with Gasteiger partial charge in [-0.15, -0.1) is 0 Å². The Kier molecular flexibility index (Phi) is 7.81. The highest BCUT2D eigenvalue weighted by atomic mass is 16.5. The lowest BCUT2D eigenvalue weighted by molar-refractivity contribution is -0.110. The number of carbonyl (C=O) groups excluding carboxylic acids is 1. The Hall–Kier alpha value is -3.05. The second kappa shape index (κ2) is 9.86. The molecule has 0 radical (unpaired) electrons. The van der Waals surface area contributed by atoms with E-state index in [0.717, 1.165) is 18.2 Å². The molecule has 0 atom stereocenters. The van der Waals surface area contributed by atoms with Crippen molar-refractivity contribution in [3.8, 4) is 11.5 Å². The predicted molar refractivity (Wildman–Crippen MR) is 96.7 cm³/mol. The summed E-state index contributed by atoms with van der Waals surface area (Å²) in [6, 6.07) is 12.2. The highest BCUT2D eigenvalue weighted by molar-refractivity contribution is 6.04. The van der Waals surface area contributed by atoms with Crippen LogP contribution in [0.2, 0.25) is 0 Å². The number of ether oxygens (including phenoxy) is 1. The van der Waals surface area contributed by atoms with Gasteiger partial charge in [-0.1, -0.05) is 30.4 Å². The number of hydrogen-bond donors (Lipinski definition) is 3. The van der Waals surface area contributed by atoms with Crippen LogP contribution in [0.15, 0.2) is 54.6 Å². The van der Waals surface area contributed by atoms with E-state index in [4.69, 9.17) is 15.6 Å². The second-order valence-corrected chi connectivity index (χ2v) is 4.67. The Morgan fingerprint density at radius 3 is 2.25 bits per heavy atom. The van der Waals surface area contributed by atoms with Gasteiger partial charge in [0.2, 0.25) is 0 Å². The summed E-state index contributed by atoms with van der Waals surface area (Å²) in [5, 5.41) is 16.5. The fourth-order valence-electron chi connectivity index (χ4n) is 1.87. The Morgan fingerprint density at radius 1 is 1.04 bits per heavy atom. The van der Waals surface area contributed by atoms with Crippen LogP contribution in [0.5, 0.6) is 11.5 Å². The van der Waals surface area contributed by atoms with Crippen LogP contribution in [0, 0.1) is 0 Å². The molecule has 0 aromatic heterocycles. The topological polar surface area (TPSA) is 92.8 Å². The number of anilines is 1. The summed E-state index contributed by atoms with van der Waals surface area (Å²) >= 11 is 0. The number of rotatable bonds is 5. The second-order valence-electron chi connectivity index (χ2n) is 4.67. The maximum Gasteiger partial charge on any atom is 0.178 e. The third kappa shape index (κ3) is 5.98. The van der Waals surface area contributed by atoms with Crippen LogP contribution >= 0.6 is 0 Å². The molecule has 0 amide bonds. The molecule has 0 fully saturated rings. The maximum absolute atomic E-state index is 11.8. The van der Waals surface area contributed by atoms with E-state index in [1.54, 1.807) is 36.4 Å². The van der Waals surface area contributed by atoms with Gasteiger partial charge < -0.3 is 20.7 Å². The molecule has 0 aliphatic heterocycles. The van der Waals surface area contributed by atoms with E-state index in [1.165, 1.54) is 25.3 Å². The van der Waals surface area contributed by atoms with Crippen molar-refractivity contribution in [2.75, 3.05) is 20.0 Å². The minimum Gasteiger partial charge on any atom is -0.504 e. The predicted octanol–water partition coefficient (Wildman–Crippen LogP) is 2.89. The standard InChI is InChI=1S/C18H17NO3.CH4O/c1-22-18-12-14(7-10-17(18)21)6-9-16(20)8-5-13-3-2-4-15(19)11-13;1-2/h2-12,21H,19H2,1H3;2H,1H3/b8-5+,9-6+;. The molecule has 0 unspecified atom stereocenters. The van der Waals surface area contributed by atoms with E-state index < -0.39 is 0 Å². The summed E-state index contributed by atoms with van der Waals surface area (Å²) in [4.78, 5) is 11.8. The van der Waals surface area contributed by atoms with Crippen LogP contribution < -0.4 is 10.5 Å². The van der Waals surface area contributed by atoms with Gasteiger partial charge in [0.05, 0.1) is 7.11 Å². The van der Waals surface area contributed by atoms with Crippen LogP contribution in [0.4, 0.5) is 5.69 Å². The molecule has 0 heterocycles. The quantitative estimate of drug-likeness (QED) is 0.580. The number of carbonyl (C=O) groups is 1. The molecule has 0 aliphatic carbocycles. The zero-order chi connectivity index (χ0) is 17.9.